The van der Waals surface area contributed by atoms with Crippen LogP contribution in [-0.2, 0) is 6.54 Å². The Bertz CT molecular complexity index is 1130. The maximum absolute atomic E-state index is 13.0. The number of rotatable bonds is 8. The van der Waals surface area contributed by atoms with Crippen LogP contribution in [0.3, 0.4) is 0 Å². The molecule has 31 heavy (non-hydrogen) atoms. The van der Waals surface area contributed by atoms with Gasteiger partial charge in [0.05, 0.1) is 11.1 Å². The van der Waals surface area contributed by atoms with Crippen LogP contribution in [0.15, 0.2) is 53.3 Å². The van der Waals surface area contributed by atoms with E-state index in [9.17, 15) is 22.8 Å². The van der Waals surface area contributed by atoms with Crippen molar-refractivity contribution in [1.29, 1.82) is 0 Å². The second kappa shape index (κ2) is 9.63. The molecule has 0 spiro atoms. The molecule has 3 rings (SSSR count). The largest absolute Gasteiger partial charge is 0.573 e. The molecule has 0 aliphatic rings. The van der Waals surface area contributed by atoms with E-state index in [-0.39, 0.29) is 16.9 Å². The van der Waals surface area contributed by atoms with Gasteiger partial charge in [0.1, 0.15) is 0 Å². The lowest BCUT2D eigenvalue weighted by Gasteiger charge is -2.15. The summed E-state index contributed by atoms with van der Waals surface area (Å²) in [6.07, 6.45) is -1.21. The number of benzene rings is 2. The number of aryl methyl sites for hydroxylation is 1. The van der Waals surface area contributed by atoms with Crippen LogP contribution in [-0.4, -0.2) is 22.1 Å². The molecule has 1 amide bonds. The van der Waals surface area contributed by atoms with E-state index in [1.54, 1.807) is 24.3 Å². The van der Waals surface area contributed by atoms with Crippen LogP contribution in [0.4, 0.5) is 18.9 Å². The van der Waals surface area contributed by atoms with Crippen molar-refractivity contribution in [2.45, 2.75) is 45.5 Å². The lowest BCUT2D eigenvalue weighted by Crippen LogP contribution is -2.28. The highest BCUT2D eigenvalue weighted by Gasteiger charge is 2.32. The first-order valence-corrected chi connectivity index (χ1v) is 9.96. The Kier molecular flexibility index (Phi) is 6.94. The summed E-state index contributed by atoms with van der Waals surface area (Å²) >= 11 is 0. The van der Waals surface area contributed by atoms with Crippen molar-refractivity contribution in [2.24, 2.45) is 0 Å². The van der Waals surface area contributed by atoms with Gasteiger partial charge < -0.3 is 10.1 Å². The van der Waals surface area contributed by atoms with Gasteiger partial charge in [-0.25, -0.2) is 4.68 Å². The standard InChI is InChI=1S/C22H22F3N3O3/c1-2-3-4-9-14-28-21(30)16-11-6-5-10-15(16)19(27-28)20(29)26-17-12-7-8-13-18(17)31-22(23,24)25/h5-8,10-13H,2-4,9,14H2,1H3,(H,26,29). The minimum atomic E-state index is -4.91. The summed E-state index contributed by atoms with van der Waals surface area (Å²) < 4.78 is 43.3. The van der Waals surface area contributed by atoms with Crippen LogP contribution in [0.25, 0.3) is 10.8 Å². The topological polar surface area (TPSA) is 73.2 Å². The highest BCUT2D eigenvalue weighted by molar-refractivity contribution is 6.11. The number of carbonyl (C=O) groups excluding carboxylic acids is 1. The van der Waals surface area contributed by atoms with Crippen molar-refractivity contribution in [2.75, 3.05) is 5.32 Å². The summed E-state index contributed by atoms with van der Waals surface area (Å²) in [5.74, 6) is -1.28. The van der Waals surface area contributed by atoms with Gasteiger partial charge in [-0.1, -0.05) is 56.5 Å². The number of unbranched alkanes of at least 4 members (excludes halogenated alkanes) is 3. The predicted octanol–water partition coefficient (Wildman–Crippen LogP) is 5.13. The number of halogens is 3. The Morgan fingerprint density at radius 1 is 1.03 bits per heavy atom. The normalized spacial score (nSPS) is 11.5. The van der Waals surface area contributed by atoms with Crippen LogP contribution in [0.2, 0.25) is 0 Å². The fourth-order valence-electron chi connectivity index (χ4n) is 3.21. The van der Waals surface area contributed by atoms with Gasteiger partial charge in [0.25, 0.3) is 11.5 Å². The van der Waals surface area contributed by atoms with Crippen molar-refractivity contribution < 1.29 is 22.7 Å². The molecule has 6 nitrogen and oxygen atoms in total. The number of hydrogen-bond donors (Lipinski definition) is 1. The molecule has 1 aromatic heterocycles. The van der Waals surface area contributed by atoms with Crippen molar-refractivity contribution >= 4 is 22.4 Å². The van der Waals surface area contributed by atoms with Crippen LogP contribution in [0, 0.1) is 0 Å². The molecule has 1 heterocycles. The summed E-state index contributed by atoms with van der Waals surface area (Å²) in [4.78, 5) is 25.7. The van der Waals surface area contributed by atoms with E-state index in [0.29, 0.717) is 17.3 Å². The molecule has 1 N–H and O–H groups in total. The molecule has 0 radical (unpaired) electrons. The zero-order valence-corrected chi connectivity index (χ0v) is 16.9. The Balaban J connectivity index is 1.96. The number of fused-ring (bicyclic) bond motifs is 1. The number of para-hydroxylation sites is 2. The summed E-state index contributed by atoms with van der Waals surface area (Å²) in [5, 5.41) is 7.29. The lowest BCUT2D eigenvalue weighted by molar-refractivity contribution is -0.274. The van der Waals surface area contributed by atoms with Crippen molar-refractivity contribution in [3.05, 3.63) is 64.6 Å². The highest BCUT2D eigenvalue weighted by atomic mass is 19.4. The van der Waals surface area contributed by atoms with Crippen molar-refractivity contribution in [3.63, 3.8) is 0 Å². The average Bonchev–Trinajstić information content (AvgIpc) is 2.73. The summed E-state index contributed by atoms with van der Waals surface area (Å²) in [5.41, 5.74) is -0.520. The number of hydrogen-bond acceptors (Lipinski definition) is 4. The fourth-order valence-corrected chi connectivity index (χ4v) is 3.21. The van der Waals surface area contributed by atoms with E-state index in [1.165, 1.54) is 22.9 Å². The number of carbonyl (C=O) groups is 1. The average molecular weight is 433 g/mol. The van der Waals surface area contributed by atoms with Crippen LogP contribution in [0.5, 0.6) is 5.75 Å². The number of nitrogens with zero attached hydrogens (tertiary/aromatic N) is 2. The monoisotopic (exact) mass is 433 g/mol. The molecule has 0 unspecified atom stereocenters. The maximum atomic E-state index is 13.0. The number of amides is 1. The van der Waals surface area contributed by atoms with Crippen molar-refractivity contribution in [1.82, 2.24) is 9.78 Å². The van der Waals surface area contributed by atoms with Crippen LogP contribution in [0.1, 0.15) is 43.1 Å². The number of alkyl halides is 3. The van der Waals surface area contributed by atoms with Gasteiger partial charge in [-0.15, -0.1) is 13.2 Å². The molecule has 0 fully saturated rings. The number of nitrogens with one attached hydrogen (secondary N) is 1. The van der Waals surface area contributed by atoms with Crippen molar-refractivity contribution in [3.8, 4) is 5.75 Å². The van der Waals surface area contributed by atoms with E-state index < -0.39 is 18.0 Å². The number of aromatic nitrogens is 2. The van der Waals surface area contributed by atoms with Gasteiger partial charge in [0.15, 0.2) is 11.4 Å². The van der Waals surface area contributed by atoms with Gasteiger partial charge in [0, 0.05) is 11.9 Å². The minimum absolute atomic E-state index is 0.0486. The first-order valence-electron chi connectivity index (χ1n) is 9.96. The Labute approximate surface area is 176 Å². The Morgan fingerprint density at radius 3 is 2.42 bits per heavy atom. The maximum Gasteiger partial charge on any atom is 0.573 e. The number of anilines is 1. The summed E-state index contributed by atoms with van der Waals surface area (Å²) in [7, 11) is 0. The van der Waals surface area contributed by atoms with Gasteiger partial charge in [0.2, 0.25) is 0 Å². The molecule has 0 saturated heterocycles. The third-order valence-electron chi connectivity index (χ3n) is 4.67. The summed E-state index contributed by atoms with van der Waals surface area (Å²) in [6, 6.07) is 11.7. The predicted molar refractivity (Wildman–Crippen MR) is 111 cm³/mol. The first kappa shape index (κ1) is 22.3. The van der Waals surface area contributed by atoms with E-state index in [4.69, 9.17) is 0 Å². The molecule has 0 saturated carbocycles. The lowest BCUT2D eigenvalue weighted by atomic mass is 10.1. The molecule has 0 aliphatic carbocycles. The molecule has 0 aliphatic heterocycles. The number of ether oxygens (including phenoxy) is 1. The second-order valence-corrected chi connectivity index (χ2v) is 6.98. The minimum Gasteiger partial charge on any atom is -0.404 e. The second-order valence-electron chi connectivity index (χ2n) is 6.98. The third kappa shape index (κ3) is 5.62. The van der Waals surface area contributed by atoms with Gasteiger partial charge >= 0.3 is 6.36 Å². The first-order chi connectivity index (χ1) is 14.8. The molecule has 164 valence electrons. The molecule has 3 aromatic rings. The summed E-state index contributed by atoms with van der Waals surface area (Å²) in [6.45, 7) is 2.42. The molecular weight excluding hydrogens is 411 g/mol. The highest BCUT2D eigenvalue weighted by Crippen LogP contribution is 2.30. The molecule has 0 atom stereocenters. The van der Waals surface area contributed by atoms with Gasteiger partial charge in [-0.3, -0.25) is 9.59 Å². The SMILES string of the molecule is CCCCCCn1nc(C(=O)Nc2ccccc2OC(F)(F)F)c2ccccc2c1=O. The Morgan fingerprint density at radius 2 is 1.71 bits per heavy atom. The van der Waals surface area contributed by atoms with Gasteiger partial charge in [-0.05, 0) is 24.6 Å². The molecule has 0 bridgehead atoms. The van der Waals surface area contributed by atoms with Crippen LogP contribution < -0.4 is 15.6 Å². The van der Waals surface area contributed by atoms with E-state index >= 15 is 0 Å². The van der Waals surface area contributed by atoms with Crippen LogP contribution >= 0.6 is 0 Å². The van der Waals surface area contributed by atoms with E-state index in [1.807, 2.05) is 0 Å². The van der Waals surface area contributed by atoms with E-state index in [2.05, 4.69) is 22.1 Å². The fraction of sp³-hybridized carbons (Fsp3) is 0.318. The third-order valence-corrected chi connectivity index (χ3v) is 4.67. The quantitative estimate of drug-likeness (QED) is 0.500. The zero-order chi connectivity index (χ0) is 22.4. The van der Waals surface area contributed by atoms with E-state index in [0.717, 1.165) is 31.7 Å². The Hall–Kier alpha value is -3.36. The molecular formula is C22H22F3N3O3. The van der Waals surface area contributed by atoms with Gasteiger partial charge in [-0.2, -0.15) is 5.10 Å². The zero-order valence-electron chi connectivity index (χ0n) is 16.9. The molecule has 9 heteroatoms. The smallest absolute Gasteiger partial charge is 0.404 e. The molecule has 2 aromatic carbocycles.